The molecule has 0 saturated heterocycles. The first-order chi connectivity index (χ1) is 14.5. The van der Waals surface area contributed by atoms with Gasteiger partial charge in [0.2, 0.25) is 0 Å². The highest BCUT2D eigenvalue weighted by atomic mass is 32.2. The molecule has 0 heterocycles. The maximum atomic E-state index is 11.8. The number of alkyl halides is 3. The van der Waals surface area contributed by atoms with Crippen molar-refractivity contribution in [3.63, 3.8) is 0 Å². The number of ether oxygens (including phenoxy) is 2. The monoisotopic (exact) mass is 470 g/mol. The van der Waals surface area contributed by atoms with E-state index in [1.807, 2.05) is 0 Å². The summed E-state index contributed by atoms with van der Waals surface area (Å²) in [5.74, 6) is 0.981. The molecule has 0 radical (unpaired) electrons. The number of aliphatic hydroxyl groups is 1. The molecule has 6 nitrogen and oxygen atoms in total. The van der Waals surface area contributed by atoms with Crippen LogP contribution in [0.25, 0.3) is 0 Å². The predicted octanol–water partition coefficient (Wildman–Crippen LogP) is 4.59. The summed E-state index contributed by atoms with van der Waals surface area (Å²) in [5, 5.41) is 9.06. The zero-order valence-electron chi connectivity index (χ0n) is 18.3. The highest BCUT2D eigenvalue weighted by Gasteiger charge is 2.49. The van der Waals surface area contributed by atoms with Crippen molar-refractivity contribution in [1.82, 2.24) is 0 Å². The summed E-state index contributed by atoms with van der Waals surface area (Å²) in [5.41, 5.74) is -4.01. The fourth-order valence-electron chi connectivity index (χ4n) is 3.62. The van der Waals surface area contributed by atoms with Crippen LogP contribution in [-0.2, 0) is 23.8 Å². The summed E-state index contributed by atoms with van der Waals surface area (Å²) >= 11 is 0. The van der Waals surface area contributed by atoms with Crippen LogP contribution in [-0.4, -0.2) is 51.8 Å². The molecule has 1 aromatic carbocycles. The van der Waals surface area contributed by atoms with Crippen molar-refractivity contribution in [2.45, 2.75) is 75.9 Å². The molecule has 1 aromatic rings. The molecule has 4 unspecified atom stereocenters. The highest BCUT2D eigenvalue weighted by molar-refractivity contribution is 7.87. The van der Waals surface area contributed by atoms with Crippen molar-refractivity contribution in [2.75, 3.05) is 14.2 Å². The molecule has 1 fully saturated rings. The molecular weight excluding hydrogens is 437 g/mol. The van der Waals surface area contributed by atoms with Gasteiger partial charge in [0.1, 0.15) is 6.10 Å². The van der Waals surface area contributed by atoms with Crippen molar-refractivity contribution in [2.24, 2.45) is 5.92 Å². The van der Waals surface area contributed by atoms with Crippen molar-refractivity contribution in [1.29, 1.82) is 0 Å². The first kappa shape index (κ1) is 27.8. The molecule has 4 atom stereocenters. The van der Waals surface area contributed by atoms with Gasteiger partial charge < -0.3 is 14.6 Å². The van der Waals surface area contributed by atoms with Gasteiger partial charge >= 0.3 is 15.6 Å². The van der Waals surface area contributed by atoms with Crippen molar-refractivity contribution < 1.29 is 40.4 Å². The summed E-state index contributed by atoms with van der Waals surface area (Å²) in [7, 11) is -2.17. The van der Waals surface area contributed by atoms with Gasteiger partial charge in [-0.15, -0.1) is 0 Å². The number of hydrogen-bond donors (Lipinski definition) is 1. The summed E-state index contributed by atoms with van der Waals surface area (Å²) in [6.07, 6.45) is 0.580. The predicted molar refractivity (Wildman–Crippen MR) is 111 cm³/mol. The van der Waals surface area contributed by atoms with E-state index in [2.05, 4.69) is 48.4 Å². The van der Waals surface area contributed by atoms with Crippen LogP contribution in [0.3, 0.4) is 0 Å². The van der Waals surface area contributed by atoms with Crippen LogP contribution in [0, 0.1) is 5.92 Å². The number of aliphatic hydroxyl groups excluding tert-OH is 1. The maximum Gasteiger partial charge on any atom is 0.523 e. The Labute approximate surface area is 182 Å². The molecule has 0 spiro atoms. The number of benzene rings is 1. The fraction of sp³-hybridized carbons (Fsp3) is 0.714. The van der Waals surface area contributed by atoms with E-state index in [1.54, 1.807) is 14.2 Å². The summed E-state index contributed by atoms with van der Waals surface area (Å²) in [6, 6.07) is 10.7. The molecular formula is C21H33F3O6S. The van der Waals surface area contributed by atoms with Crippen LogP contribution in [0.2, 0.25) is 0 Å². The number of methoxy groups -OCH3 is 2. The molecule has 0 bridgehead atoms. The average Bonchev–Trinajstić information content (AvgIpc) is 3.11. The number of halogens is 3. The third-order valence-corrected chi connectivity index (χ3v) is 6.37. The van der Waals surface area contributed by atoms with Gasteiger partial charge in [0.15, 0.2) is 6.29 Å². The third kappa shape index (κ3) is 8.69. The number of rotatable bonds is 9. The van der Waals surface area contributed by atoms with E-state index in [-0.39, 0.29) is 19.1 Å². The lowest BCUT2D eigenvalue weighted by atomic mass is 9.87. The third-order valence-electron chi connectivity index (χ3n) is 5.30. The van der Waals surface area contributed by atoms with Crippen molar-refractivity contribution >= 4 is 10.1 Å². The lowest BCUT2D eigenvalue weighted by Gasteiger charge is -2.25. The summed E-state index contributed by atoms with van der Waals surface area (Å²) < 4.78 is 71.0. The van der Waals surface area contributed by atoms with E-state index in [9.17, 15) is 21.6 Å². The minimum atomic E-state index is -5.57. The van der Waals surface area contributed by atoms with Gasteiger partial charge in [-0.05, 0) is 43.6 Å². The smallest absolute Gasteiger partial charge is 0.390 e. The van der Waals surface area contributed by atoms with Crippen LogP contribution in [0.4, 0.5) is 13.2 Å². The van der Waals surface area contributed by atoms with Gasteiger partial charge in [0.25, 0.3) is 0 Å². The van der Waals surface area contributed by atoms with E-state index in [0.717, 1.165) is 12.8 Å². The van der Waals surface area contributed by atoms with Crippen LogP contribution < -0.4 is 0 Å². The molecule has 0 aliphatic heterocycles. The Morgan fingerprint density at radius 1 is 1.13 bits per heavy atom. The van der Waals surface area contributed by atoms with Crippen LogP contribution in [0.15, 0.2) is 30.3 Å². The normalized spacial score (nSPS) is 21.5. The van der Waals surface area contributed by atoms with Crippen LogP contribution >= 0.6 is 0 Å². The van der Waals surface area contributed by atoms with E-state index in [4.69, 9.17) is 14.6 Å². The second-order valence-electron chi connectivity index (χ2n) is 7.60. The van der Waals surface area contributed by atoms with E-state index in [0.29, 0.717) is 18.3 Å². The molecule has 31 heavy (non-hydrogen) atoms. The molecule has 1 N–H and O–H groups in total. The van der Waals surface area contributed by atoms with Gasteiger partial charge in [0.05, 0.1) is 6.10 Å². The second-order valence-corrected chi connectivity index (χ2v) is 9.17. The molecule has 2 rings (SSSR count). The molecule has 1 aliphatic rings. The zero-order chi connectivity index (χ0) is 23.7. The lowest BCUT2D eigenvalue weighted by Crippen LogP contribution is -2.33. The Balaban J connectivity index is 0.000000316. The SMILES string of the molecule is CCC(CC(C)C(OC)OC)c1ccccc1.O=S(=O)(OC1CCCC1O)C(F)(F)F. The van der Waals surface area contributed by atoms with E-state index < -0.39 is 27.8 Å². The second kappa shape index (κ2) is 12.7. The number of hydrogen-bond acceptors (Lipinski definition) is 6. The minimum Gasteiger partial charge on any atom is -0.390 e. The van der Waals surface area contributed by atoms with Crippen molar-refractivity contribution in [3.8, 4) is 0 Å². The van der Waals surface area contributed by atoms with Gasteiger partial charge in [0, 0.05) is 20.1 Å². The summed E-state index contributed by atoms with van der Waals surface area (Å²) in [6.45, 7) is 4.42. The van der Waals surface area contributed by atoms with Crippen LogP contribution in [0.1, 0.15) is 57.4 Å². The molecule has 0 aromatic heterocycles. The largest absolute Gasteiger partial charge is 0.523 e. The highest BCUT2D eigenvalue weighted by Crippen LogP contribution is 2.31. The van der Waals surface area contributed by atoms with Crippen LogP contribution in [0.5, 0.6) is 0 Å². The maximum absolute atomic E-state index is 11.8. The summed E-state index contributed by atoms with van der Waals surface area (Å²) in [4.78, 5) is 0. The first-order valence-corrected chi connectivity index (χ1v) is 11.7. The average molecular weight is 471 g/mol. The van der Waals surface area contributed by atoms with Gasteiger partial charge in [-0.1, -0.05) is 44.2 Å². The van der Waals surface area contributed by atoms with Gasteiger partial charge in [-0.3, -0.25) is 4.18 Å². The Morgan fingerprint density at radius 2 is 1.71 bits per heavy atom. The van der Waals surface area contributed by atoms with Gasteiger partial charge in [-0.25, -0.2) is 0 Å². The standard InChI is InChI=1S/C15H24O2.C6H9F3O4S/c1-5-13(14-9-7-6-8-10-14)11-12(2)15(16-3)17-4;7-6(8,9)14(11,12)13-5-3-1-2-4(5)10/h6-10,12-13,15H,5,11H2,1-4H3;4-5,10H,1-3H2. The fourth-order valence-corrected chi connectivity index (χ4v) is 4.28. The van der Waals surface area contributed by atoms with Crippen molar-refractivity contribution in [3.05, 3.63) is 35.9 Å². The van der Waals surface area contributed by atoms with E-state index in [1.165, 1.54) is 5.56 Å². The Bertz CT molecular complexity index is 722. The Morgan fingerprint density at radius 3 is 2.13 bits per heavy atom. The first-order valence-electron chi connectivity index (χ1n) is 10.2. The van der Waals surface area contributed by atoms with Gasteiger partial charge in [-0.2, -0.15) is 21.6 Å². The molecule has 1 aliphatic carbocycles. The zero-order valence-corrected chi connectivity index (χ0v) is 19.2. The Kier molecular flexibility index (Phi) is 11.4. The molecule has 10 heteroatoms. The topological polar surface area (TPSA) is 82.1 Å². The Hall–Kier alpha value is -1.20. The van der Waals surface area contributed by atoms with E-state index >= 15 is 0 Å². The molecule has 0 amide bonds. The molecule has 1 saturated carbocycles. The molecule has 180 valence electrons. The lowest BCUT2D eigenvalue weighted by molar-refractivity contribution is -0.135. The minimum absolute atomic E-state index is 0.104. The quantitative estimate of drug-likeness (QED) is 0.323.